The first-order chi connectivity index (χ1) is 18.5. The highest BCUT2D eigenvalue weighted by Gasteiger charge is 2.55. The zero-order valence-corrected chi connectivity index (χ0v) is 22.8. The number of sulfone groups is 1. The Morgan fingerprint density at radius 1 is 1.08 bits per heavy atom. The number of fused-ring (bicyclic) bond motifs is 2. The molecule has 206 valence electrons. The van der Waals surface area contributed by atoms with E-state index in [9.17, 15) is 31.9 Å². The van der Waals surface area contributed by atoms with E-state index < -0.39 is 44.1 Å². The topological polar surface area (TPSA) is 125 Å². The number of aromatic nitrogens is 1. The number of hydrogen-bond acceptors (Lipinski definition) is 7. The summed E-state index contributed by atoms with van der Waals surface area (Å²) in [5, 5.41) is 17.7. The van der Waals surface area contributed by atoms with Crippen LogP contribution in [-0.2, 0) is 9.84 Å². The van der Waals surface area contributed by atoms with E-state index in [0.29, 0.717) is 12.8 Å². The zero-order chi connectivity index (χ0) is 27.9. The third-order valence-corrected chi connectivity index (χ3v) is 11.1. The molecule has 2 amide bonds. The fourth-order valence-electron chi connectivity index (χ4n) is 5.60. The summed E-state index contributed by atoms with van der Waals surface area (Å²) in [6.45, 7) is -0.00604. The van der Waals surface area contributed by atoms with E-state index >= 15 is 0 Å². The van der Waals surface area contributed by atoms with Crippen LogP contribution < -0.4 is 10.6 Å². The van der Waals surface area contributed by atoms with Crippen LogP contribution >= 0.6 is 22.9 Å². The standard InChI is InChI=1S/C26H24ClF2N3O5S2/c27-19-5-1-14(23(33)32-17-4-6-20(28)21(29)12-17)9-22(19)39(36,37)18-10-15-2-3-16(11-18)26(15,35)13-31-24(34)25-30-7-8-38-25/h1,4-9,12,15-16,18,35H,2-3,10-11,13H2,(H,31,34)(H,32,33)/t15-,16?,18?,26?/m0/s1. The Morgan fingerprint density at radius 3 is 2.44 bits per heavy atom. The van der Waals surface area contributed by atoms with Crippen LogP contribution in [0, 0.1) is 23.5 Å². The molecule has 8 nitrogen and oxygen atoms in total. The number of hydrogen-bond donors (Lipinski definition) is 3. The molecule has 1 aromatic heterocycles. The van der Waals surface area contributed by atoms with Gasteiger partial charge in [-0.05, 0) is 67.9 Å². The van der Waals surface area contributed by atoms with Crippen molar-refractivity contribution in [3.63, 3.8) is 0 Å². The molecule has 2 aliphatic carbocycles. The van der Waals surface area contributed by atoms with E-state index in [1.165, 1.54) is 41.8 Å². The Hall–Kier alpha value is -2.93. The van der Waals surface area contributed by atoms with Gasteiger partial charge in [0.2, 0.25) is 0 Å². The van der Waals surface area contributed by atoms with Gasteiger partial charge in [0.1, 0.15) is 0 Å². The minimum Gasteiger partial charge on any atom is -0.387 e. The molecule has 3 N–H and O–H groups in total. The van der Waals surface area contributed by atoms with E-state index in [-0.39, 0.29) is 57.4 Å². The zero-order valence-electron chi connectivity index (χ0n) is 20.4. The van der Waals surface area contributed by atoms with Crippen LogP contribution in [0.2, 0.25) is 5.02 Å². The molecule has 0 spiro atoms. The van der Waals surface area contributed by atoms with Crippen LogP contribution in [0.25, 0.3) is 0 Å². The first kappa shape index (κ1) is 27.6. The van der Waals surface area contributed by atoms with Gasteiger partial charge in [-0.3, -0.25) is 9.59 Å². The van der Waals surface area contributed by atoms with Crippen molar-refractivity contribution in [1.29, 1.82) is 0 Å². The average molecular weight is 596 g/mol. The summed E-state index contributed by atoms with van der Waals surface area (Å²) < 4.78 is 54.1. The summed E-state index contributed by atoms with van der Waals surface area (Å²) in [7, 11) is -4.00. The minimum absolute atomic E-state index is 0.00310. The molecular formula is C26H24ClF2N3O5S2. The minimum atomic E-state index is -4.00. The number of carbonyl (C=O) groups excluding carboxylic acids is 2. The lowest BCUT2D eigenvalue weighted by atomic mass is 9.74. The van der Waals surface area contributed by atoms with Gasteiger partial charge >= 0.3 is 0 Å². The maximum atomic E-state index is 13.7. The number of benzene rings is 2. The Labute approximate surface area is 232 Å². The third-order valence-electron chi connectivity index (χ3n) is 7.65. The Kier molecular flexibility index (Phi) is 7.49. The van der Waals surface area contributed by atoms with Crippen molar-refractivity contribution in [2.75, 3.05) is 11.9 Å². The fraction of sp³-hybridized carbons (Fsp3) is 0.346. The van der Waals surface area contributed by atoms with Crippen molar-refractivity contribution in [1.82, 2.24) is 10.3 Å². The summed E-state index contributed by atoms with van der Waals surface area (Å²) in [6, 6.07) is 6.68. The van der Waals surface area contributed by atoms with Gasteiger partial charge in [-0.2, -0.15) is 0 Å². The van der Waals surface area contributed by atoms with Gasteiger partial charge < -0.3 is 15.7 Å². The fourth-order valence-corrected chi connectivity index (χ4v) is 8.56. The summed E-state index contributed by atoms with van der Waals surface area (Å²) in [4.78, 5) is 28.9. The lowest BCUT2D eigenvalue weighted by Gasteiger charge is -2.42. The number of nitrogens with zero attached hydrogens (tertiary/aromatic N) is 1. The lowest BCUT2D eigenvalue weighted by Crippen LogP contribution is -2.54. The second-order valence-electron chi connectivity index (χ2n) is 9.85. The summed E-state index contributed by atoms with van der Waals surface area (Å²) >= 11 is 7.46. The van der Waals surface area contributed by atoms with Gasteiger partial charge in [0, 0.05) is 35.4 Å². The predicted molar refractivity (Wildman–Crippen MR) is 142 cm³/mol. The van der Waals surface area contributed by atoms with Crippen LogP contribution in [0.5, 0.6) is 0 Å². The van der Waals surface area contributed by atoms with Crippen LogP contribution in [0.3, 0.4) is 0 Å². The number of thiazole rings is 1. The molecule has 4 atom stereocenters. The molecule has 13 heteroatoms. The molecule has 0 radical (unpaired) electrons. The van der Waals surface area contributed by atoms with Crippen molar-refractivity contribution < 1.29 is 31.9 Å². The van der Waals surface area contributed by atoms with Crippen molar-refractivity contribution in [2.45, 2.75) is 41.4 Å². The van der Waals surface area contributed by atoms with E-state index in [2.05, 4.69) is 15.6 Å². The third kappa shape index (κ3) is 5.30. The van der Waals surface area contributed by atoms with Gasteiger partial charge in [0.25, 0.3) is 11.8 Å². The molecule has 0 saturated heterocycles. The van der Waals surface area contributed by atoms with Crippen LogP contribution in [0.4, 0.5) is 14.5 Å². The van der Waals surface area contributed by atoms with Crippen LogP contribution in [-0.4, -0.2) is 47.7 Å². The number of nitrogens with one attached hydrogen (secondary N) is 2. The van der Waals surface area contributed by atoms with E-state index in [1.807, 2.05) is 0 Å². The Morgan fingerprint density at radius 2 is 1.79 bits per heavy atom. The van der Waals surface area contributed by atoms with E-state index in [1.54, 1.807) is 5.38 Å². The second kappa shape index (κ2) is 10.6. The van der Waals surface area contributed by atoms with Crippen molar-refractivity contribution in [2.24, 2.45) is 11.8 Å². The molecule has 2 aliphatic rings. The highest BCUT2D eigenvalue weighted by molar-refractivity contribution is 7.92. The summed E-state index contributed by atoms with van der Waals surface area (Å²) in [5.41, 5.74) is -1.26. The van der Waals surface area contributed by atoms with Gasteiger partial charge in [-0.25, -0.2) is 22.2 Å². The number of aliphatic hydroxyl groups is 1. The molecule has 5 rings (SSSR count). The normalized spacial score (nSPS) is 24.4. The van der Waals surface area contributed by atoms with Crippen molar-refractivity contribution >= 4 is 50.3 Å². The number of carbonyl (C=O) groups is 2. The number of amides is 2. The first-order valence-electron chi connectivity index (χ1n) is 12.2. The highest BCUT2D eigenvalue weighted by Crippen LogP contribution is 2.52. The Balaban J connectivity index is 1.32. The molecule has 3 unspecified atom stereocenters. The second-order valence-corrected chi connectivity index (χ2v) is 13.3. The van der Waals surface area contributed by atoms with Crippen LogP contribution in [0.1, 0.15) is 45.8 Å². The average Bonchev–Trinajstić information content (AvgIpc) is 3.47. The maximum absolute atomic E-state index is 13.7. The molecular weight excluding hydrogens is 572 g/mol. The maximum Gasteiger partial charge on any atom is 0.280 e. The summed E-state index contributed by atoms with van der Waals surface area (Å²) in [5.74, 6) is -4.02. The van der Waals surface area contributed by atoms with Gasteiger partial charge in [-0.1, -0.05) is 11.6 Å². The van der Waals surface area contributed by atoms with Crippen molar-refractivity contribution in [3.8, 4) is 0 Å². The smallest absolute Gasteiger partial charge is 0.280 e. The molecule has 3 aromatic rings. The number of anilines is 1. The SMILES string of the molecule is O=C(Nc1ccc(F)c(F)c1)c1ccc(Cl)c(S(=O)(=O)C2CC3CC[C@@H](C2)C3(O)CNC(=O)c2nccs2)c1. The first-order valence-corrected chi connectivity index (χ1v) is 15.0. The van der Waals surface area contributed by atoms with Crippen LogP contribution in [0.15, 0.2) is 52.9 Å². The summed E-state index contributed by atoms with van der Waals surface area (Å²) in [6.07, 6.45) is 3.09. The monoisotopic (exact) mass is 595 g/mol. The molecule has 2 bridgehead atoms. The molecule has 2 aromatic carbocycles. The van der Waals surface area contributed by atoms with Gasteiger partial charge in [0.15, 0.2) is 26.5 Å². The molecule has 1 heterocycles. The van der Waals surface area contributed by atoms with Crippen molar-refractivity contribution in [3.05, 3.63) is 75.2 Å². The molecule has 39 heavy (non-hydrogen) atoms. The molecule has 2 saturated carbocycles. The molecule has 2 fully saturated rings. The lowest BCUT2D eigenvalue weighted by molar-refractivity contribution is -0.0548. The van der Waals surface area contributed by atoms with E-state index in [4.69, 9.17) is 11.6 Å². The Bertz CT molecular complexity index is 1520. The quantitative estimate of drug-likeness (QED) is 0.371. The largest absolute Gasteiger partial charge is 0.387 e. The number of rotatable bonds is 7. The van der Waals surface area contributed by atoms with Gasteiger partial charge in [0.05, 0.1) is 20.8 Å². The van der Waals surface area contributed by atoms with E-state index in [0.717, 1.165) is 12.1 Å². The highest BCUT2D eigenvalue weighted by atomic mass is 35.5. The van der Waals surface area contributed by atoms with Gasteiger partial charge in [-0.15, -0.1) is 11.3 Å². The number of halogens is 3. The predicted octanol–water partition coefficient (Wildman–Crippen LogP) is 4.45. The molecule has 0 aliphatic heterocycles.